The van der Waals surface area contributed by atoms with Gasteiger partial charge in [0.05, 0.1) is 26.0 Å². The number of Topliss-reactive ketones (excluding diaryl/α,β-unsaturated/α-hetero) is 1. The van der Waals surface area contributed by atoms with Gasteiger partial charge in [-0.15, -0.1) is 4.68 Å². The monoisotopic (exact) mass is 630 g/mol. The van der Waals surface area contributed by atoms with Crippen LogP contribution in [0, 0.1) is 0 Å². The molecule has 5 rings (SSSR count). The fourth-order valence-corrected chi connectivity index (χ4v) is 4.57. The van der Waals surface area contributed by atoms with Crippen molar-refractivity contribution in [3.63, 3.8) is 0 Å². The summed E-state index contributed by atoms with van der Waals surface area (Å²) < 4.78 is 51.8. The van der Waals surface area contributed by atoms with Crippen molar-refractivity contribution in [1.29, 1.82) is 0 Å². The molecule has 0 spiro atoms. The van der Waals surface area contributed by atoms with E-state index >= 15 is 0 Å². The number of nitrogens with two attached hydrogens (primary N) is 1. The van der Waals surface area contributed by atoms with Crippen LogP contribution < -0.4 is 29.9 Å². The smallest absolute Gasteiger partial charge is 0.430 e. The van der Waals surface area contributed by atoms with Gasteiger partial charge in [-0.05, 0) is 39.9 Å². The van der Waals surface area contributed by atoms with E-state index in [4.69, 9.17) is 29.8 Å². The Kier molecular flexibility index (Phi) is 9.81. The van der Waals surface area contributed by atoms with Gasteiger partial charge < -0.3 is 34.7 Å². The fourth-order valence-electron chi connectivity index (χ4n) is 4.57. The van der Waals surface area contributed by atoms with E-state index in [2.05, 4.69) is 35.9 Å². The Bertz CT molecular complexity index is 1660. The minimum absolute atomic E-state index is 0.000266. The lowest BCUT2D eigenvalue weighted by Gasteiger charge is -2.33. The van der Waals surface area contributed by atoms with E-state index in [1.807, 2.05) is 42.5 Å². The van der Waals surface area contributed by atoms with E-state index in [0.29, 0.717) is 36.1 Å². The number of anilines is 2. The summed E-state index contributed by atoms with van der Waals surface area (Å²) >= 11 is 0. The number of fused-ring (bicyclic) bond motifs is 1. The molecule has 240 valence electrons. The third-order valence-electron chi connectivity index (χ3n) is 6.74. The first kappa shape index (κ1) is 33.0. The zero-order chi connectivity index (χ0) is 32.9. The Balaban J connectivity index is 0.000000591. The number of rotatable bonds is 7. The minimum Gasteiger partial charge on any atom is -0.542 e. The highest BCUT2D eigenvalue weighted by Crippen LogP contribution is 2.40. The Morgan fingerprint density at radius 1 is 1.07 bits per heavy atom. The van der Waals surface area contributed by atoms with Crippen molar-refractivity contribution in [1.82, 2.24) is 14.7 Å². The molecule has 1 aliphatic heterocycles. The number of carboxylic acid groups (broad SMARTS) is 1. The largest absolute Gasteiger partial charge is 0.542 e. The second kappa shape index (κ2) is 13.4. The van der Waals surface area contributed by atoms with Gasteiger partial charge in [-0.25, -0.2) is 0 Å². The van der Waals surface area contributed by atoms with Crippen LogP contribution in [0.1, 0.15) is 36.7 Å². The van der Waals surface area contributed by atoms with E-state index in [1.165, 1.54) is 4.52 Å². The van der Waals surface area contributed by atoms with Crippen molar-refractivity contribution in [3.05, 3.63) is 65.7 Å². The number of hydrogen-bond donors (Lipinski definition) is 1. The molecular weight excluding hydrogens is 597 g/mol. The van der Waals surface area contributed by atoms with Crippen molar-refractivity contribution in [2.24, 2.45) is 0 Å². The van der Waals surface area contributed by atoms with Gasteiger partial charge in [0.1, 0.15) is 17.5 Å². The van der Waals surface area contributed by atoms with Gasteiger partial charge in [0.15, 0.2) is 6.54 Å². The maximum atomic E-state index is 13.6. The summed E-state index contributed by atoms with van der Waals surface area (Å²) in [6.07, 6.45) is -5.19. The van der Waals surface area contributed by atoms with Gasteiger partial charge in [0, 0.05) is 36.3 Å². The van der Waals surface area contributed by atoms with Crippen LogP contribution in [0.3, 0.4) is 0 Å². The van der Waals surface area contributed by atoms with Crippen LogP contribution in [-0.2, 0) is 21.5 Å². The number of alkyl halides is 3. The van der Waals surface area contributed by atoms with Crippen molar-refractivity contribution in [2.45, 2.75) is 38.9 Å². The molecule has 1 aliphatic rings. The molecule has 0 amide bonds. The van der Waals surface area contributed by atoms with Crippen LogP contribution in [-0.4, -0.2) is 66.1 Å². The molecule has 2 aromatic carbocycles. The molecule has 45 heavy (non-hydrogen) atoms. The van der Waals surface area contributed by atoms with Crippen LogP contribution in [0.25, 0.3) is 5.65 Å². The molecule has 4 aromatic rings. The maximum absolute atomic E-state index is 13.6. The number of carbonyl (C=O) groups excluding carboxylic acids is 2. The number of aromatic nitrogens is 4. The molecule has 0 saturated carbocycles. The summed E-state index contributed by atoms with van der Waals surface area (Å²) in [7, 11) is 1.68. The summed E-state index contributed by atoms with van der Waals surface area (Å²) in [4.78, 5) is 24.6. The number of carboxylic acids is 1. The first-order valence-electron chi connectivity index (χ1n) is 13.8. The Morgan fingerprint density at radius 3 is 2.29 bits per heavy atom. The summed E-state index contributed by atoms with van der Waals surface area (Å²) in [5.41, 5.74) is 8.95. The van der Waals surface area contributed by atoms with Crippen LogP contribution in [0.15, 0.2) is 54.6 Å². The molecule has 0 bridgehead atoms. The van der Waals surface area contributed by atoms with Crippen LogP contribution in [0.4, 0.5) is 24.8 Å². The average molecular weight is 631 g/mol. The number of ketones is 1. The van der Waals surface area contributed by atoms with Gasteiger partial charge in [-0.1, -0.05) is 43.5 Å². The summed E-state index contributed by atoms with van der Waals surface area (Å²) in [6.45, 7) is 9.06. The maximum Gasteiger partial charge on any atom is 0.430 e. The van der Waals surface area contributed by atoms with E-state index in [1.54, 1.807) is 23.9 Å². The average Bonchev–Trinajstić information content (AvgIpc) is 3.30. The van der Waals surface area contributed by atoms with E-state index in [0.717, 1.165) is 30.1 Å². The first-order valence-corrected chi connectivity index (χ1v) is 13.8. The molecule has 1 saturated heterocycles. The highest BCUT2D eigenvalue weighted by Gasteiger charge is 2.30. The molecule has 0 aliphatic carbocycles. The zero-order valence-corrected chi connectivity index (χ0v) is 25.1. The van der Waals surface area contributed by atoms with Gasteiger partial charge in [-0.3, -0.25) is 4.79 Å². The Hall–Kier alpha value is -4.92. The van der Waals surface area contributed by atoms with Crippen molar-refractivity contribution < 1.29 is 46.8 Å². The van der Waals surface area contributed by atoms with Gasteiger partial charge in [-0.2, -0.15) is 13.2 Å². The number of methoxy groups -OCH3 is 1. The molecule has 0 radical (unpaired) electrons. The molecule has 1 fully saturated rings. The molecule has 0 unspecified atom stereocenters. The third-order valence-corrected chi connectivity index (χ3v) is 6.74. The quantitative estimate of drug-likeness (QED) is 0.239. The summed E-state index contributed by atoms with van der Waals surface area (Å²) in [5, 5.41) is 17.6. The first-order chi connectivity index (χ1) is 21.2. The number of ether oxygens (including phenoxy) is 3. The topological polar surface area (TPSA) is 148 Å². The molecule has 15 heteroatoms. The fraction of sp³-hybridized carbons (Fsp3) is 0.367. The third kappa shape index (κ3) is 7.98. The van der Waals surface area contributed by atoms with Crippen molar-refractivity contribution in [3.8, 4) is 17.4 Å². The Labute approximate surface area is 256 Å². The number of aliphatic carboxylic acids is 1. The zero-order valence-electron chi connectivity index (χ0n) is 25.1. The molecule has 0 atom stereocenters. The minimum atomic E-state index is -5.19. The van der Waals surface area contributed by atoms with E-state index in [9.17, 15) is 18.0 Å². The van der Waals surface area contributed by atoms with Crippen molar-refractivity contribution in [2.75, 3.05) is 44.0 Å². The second-order valence-electron chi connectivity index (χ2n) is 11.0. The SMILES string of the molecule is COc1c(N2CCOCC2)cc(C(=O)C[n+]2nc(N)n3nc(Oc4ccccc4)ccc32)cc1C(C)(C)C.O=C([O-])C(F)(F)F. The standard InChI is InChI=1S/C28H33N6O4.C2HF3O2/c1-28(2,3)21-16-19(17-22(26(21)36-4)32-12-14-37-15-13-32)23(35)18-33-25-11-10-24(30-34(25)27(29)31-33)38-20-8-6-5-7-9-20;3-2(4,5)1(6)7/h5-11,16-17H,12-15,18H2,1-4H3,(H2,29,31);(H,6,7)/q+1;/p-1. The van der Waals surface area contributed by atoms with Gasteiger partial charge in [0.2, 0.25) is 5.78 Å². The van der Waals surface area contributed by atoms with Crippen LogP contribution >= 0.6 is 0 Å². The van der Waals surface area contributed by atoms with E-state index < -0.39 is 12.1 Å². The second-order valence-corrected chi connectivity index (χ2v) is 11.0. The Morgan fingerprint density at radius 2 is 1.71 bits per heavy atom. The normalized spacial score (nSPS) is 13.6. The van der Waals surface area contributed by atoms with Crippen LogP contribution in [0.2, 0.25) is 0 Å². The lowest BCUT2D eigenvalue weighted by Crippen LogP contribution is -2.41. The molecular formula is C30H33F3N6O6. The summed E-state index contributed by atoms with van der Waals surface area (Å²) in [6, 6.07) is 16.7. The molecule has 2 aromatic heterocycles. The lowest BCUT2D eigenvalue weighted by molar-refractivity contribution is -0.714. The highest BCUT2D eigenvalue weighted by molar-refractivity contribution is 5.97. The number of hydrogen-bond acceptors (Lipinski definition) is 10. The molecule has 2 N–H and O–H groups in total. The lowest BCUT2D eigenvalue weighted by atomic mass is 9.84. The number of benzene rings is 2. The predicted molar refractivity (Wildman–Crippen MR) is 154 cm³/mol. The molecule has 3 heterocycles. The number of halogens is 3. The van der Waals surface area contributed by atoms with Crippen molar-refractivity contribution >= 4 is 29.0 Å². The van der Waals surface area contributed by atoms with Gasteiger partial charge >= 0.3 is 17.8 Å². The summed E-state index contributed by atoms with van der Waals surface area (Å²) in [5.74, 6) is -1.13. The number of para-hydroxylation sites is 1. The number of carbonyl (C=O) groups is 2. The van der Waals surface area contributed by atoms with E-state index in [-0.39, 0.29) is 23.7 Å². The number of nitrogen functional groups attached to an aromatic ring is 1. The predicted octanol–water partition coefficient (Wildman–Crippen LogP) is 2.72. The molecule has 12 nitrogen and oxygen atoms in total. The number of morpholine rings is 1. The van der Waals surface area contributed by atoms with Crippen LogP contribution in [0.5, 0.6) is 17.4 Å². The van der Waals surface area contributed by atoms with Gasteiger partial charge in [0.25, 0.3) is 5.88 Å². The highest BCUT2D eigenvalue weighted by atomic mass is 19.4. The number of nitrogens with zero attached hydrogens (tertiary/aromatic N) is 5.